The Balaban J connectivity index is 1.91. The van der Waals surface area contributed by atoms with Crippen LogP contribution in [0.15, 0.2) is 72.8 Å². The molecule has 336 valence electrons. The number of esters is 4. The SMILES string of the molecule is O=C(O)c1ccc(C(=O)O)c(C(=O)OCC(COC(=O)c2cc(C(=O)O)ccc2C(=O)O)(COC(=O)c2cc(C(=O)O)ccc2C(=O)O)COC(=O)c2cc(C(=O)O)ccc2C(=O)O)c1. The van der Waals surface area contributed by atoms with Gasteiger partial charge in [0.05, 0.1) is 66.8 Å². The Kier molecular flexibility index (Phi) is 14.8. The molecule has 4 rings (SSSR count). The number of benzene rings is 4. The fraction of sp³-hybridized carbons (Fsp3) is 0.122. The predicted molar refractivity (Wildman–Crippen MR) is 205 cm³/mol. The summed E-state index contributed by atoms with van der Waals surface area (Å²) in [6, 6.07) is 8.38. The van der Waals surface area contributed by atoms with Crippen LogP contribution in [0.2, 0.25) is 0 Å². The molecule has 4 aromatic carbocycles. The van der Waals surface area contributed by atoms with E-state index in [0.717, 1.165) is 24.3 Å². The normalized spacial score (nSPS) is 10.7. The van der Waals surface area contributed by atoms with E-state index in [1.807, 2.05) is 0 Å². The van der Waals surface area contributed by atoms with Gasteiger partial charge in [-0.15, -0.1) is 0 Å². The second-order valence-electron chi connectivity index (χ2n) is 13.3. The lowest BCUT2D eigenvalue weighted by Crippen LogP contribution is -2.44. The van der Waals surface area contributed by atoms with Gasteiger partial charge in [0, 0.05) is 0 Å². The van der Waals surface area contributed by atoms with E-state index in [0.29, 0.717) is 48.5 Å². The van der Waals surface area contributed by atoms with Gasteiger partial charge in [0.1, 0.15) is 31.8 Å². The molecular formula is C41H28O24. The zero-order valence-corrected chi connectivity index (χ0v) is 32.4. The third-order valence-electron chi connectivity index (χ3n) is 8.91. The number of aromatic carboxylic acids is 8. The number of carbonyl (C=O) groups excluding carboxylic acids is 4. The highest BCUT2D eigenvalue weighted by Crippen LogP contribution is 2.27. The van der Waals surface area contributed by atoms with E-state index >= 15 is 0 Å². The molecule has 0 atom stereocenters. The van der Waals surface area contributed by atoms with Gasteiger partial charge in [0.2, 0.25) is 0 Å². The van der Waals surface area contributed by atoms with Crippen LogP contribution in [0.3, 0.4) is 0 Å². The van der Waals surface area contributed by atoms with Crippen molar-refractivity contribution in [2.45, 2.75) is 0 Å². The maximum absolute atomic E-state index is 13.6. The molecule has 0 amide bonds. The van der Waals surface area contributed by atoms with Crippen molar-refractivity contribution >= 4 is 71.6 Å². The van der Waals surface area contributed by atoms with Crippen LogP contribution in [-0.2, 0) is 18.9 Å². The largest absolute Gasteiger partial charge is 0.478 e. The Morgan fingerprint density at radius 1 is 0.292 bits per heavy atom. The molecule has 0 aromatic heterocycles. The van der Waals surface area contributed by atoms with Crippen molar-refractivity contribution in [3.05, 3.63) is 140 Å². The summed E-state index contributed by atoms with van der Waals surface area (Å²) in [7, 11) is 0. The Morgan fingerprint density at radius 2 is 0.477 bits per heavy atom. The summed E-state index contributed by atoms with van der Waals surface area (Å²) in [4.78, 5) is 149. The average Bonchev–Trinajstić information content (AvgIpc) is 3.26. The summed E-state index contributed by atoms with van der Waals surface area (Å²) in [5.41, 5.74) is -12.2. The Bertz CT molecular complexity index is 2360. The van der Waals surface area contributed by atoms with E-state index < -0.39 is 170 Å². The first-order valence-corrected chi connectivity index (χ1v) is 17.6. The second kappa shape index (κ2) is 19.9. The van der Waals surface area contributed by atoms with Gasteiger partial charge in [0.25, 0.3) is 0 Å². The third kappa shape index (κ3) is 11.5. The summed E-state index contributed by atoms with van der Waals surface area (Å²) in [6.07, 6.45) is 0. The molecule has 0 aliphatic rings. The topological polar surface area (TPSA) is 404 Å². The highest BCUT2D eigenvalue weighted by Gasteiger charge is 2.40. The quantitative estimate of drug-likeness (QED) is 0.0466. The third-order valence-corrected chi connectivity index (χ3v) is 8.91. The monoisotopic (exact) mass is 904 g/mol. The van der Waals surface area contributed by atoms with Gasteiger partial charge in [-0.3, -0.25) is 0 Å². The number of ether oxygens (including phenoxy) is 4. The van der Waals surface area contributed by atoms with Crippen LogP contribution < -0.4 is 0 Å². The van der Waals surface area contributed by atoms with E-state index in [4.69, 9.17) is 18.9 Å². The summed E-state index contributed by atoms with van der Waals surface area (Å²) < 4.78 is 21.1. The predicted octanol–water partition coefficient (Wildman–Crippen LogP) is 2.99. The van der Waals surface area contributed by atoms with E-state index in [9.17, 15) is 98.4 Å². The van der Waals surface area contributed by atoms with Crippen LogP contribution in [0.5, 0.6) is 0 Å². The summed E-state index contributed by atoms with van der Waals surface area (Å²) in [5.74, 6) is -20.4. The first-order valence-electron chi connectivity index (χ1n) is 17.6. The molecular weight excluding hydrogens is 876 g/mol. The molecule has 65 heavy (non-hydrogen) atoms. The molecule has 0 spiro atoms. The van der Waals surface area contributed by atoms with Gasteiger partial charge in [-0.05, 0) is 72.8 Å². The second-order valence-corrected chi connectivity index (χ2v) is 13.3. The van der Waals surface area contributed by atoms with Crippen molar-refractivity contribution in [1.29, 1.82) is 0 Å². The zero-order chi connectivity index (χ0) is 48.5. The van der Waals surface area contributed by atoms with E-state index in [-0.39, 0.29) is 0 Å². The minimum atomic E-state index is -2.60. The summed E-state index contributed by atoms with van der Waals surface area (Å²) in [5, 5.41) is 76.8. The van der Waals surface area contributed by atoms with Gasteiger partial charge in [0.15, 0.2) is 0 Å². The van der Waals surface area contributed by atoms with Gasteiger partial charge in [-0.25, -0.2) is 57.5 Å². The van der Waals surface area contributed by atoms with Gasteiger partial charge >= 0.3 is 71.6 Å². The van der Waals surface area contributed by atoms with Gasteiger partial charge < -0.3 is 59.8 Å². The number of carbonyl (C=O) groups is 12. The van der Waals surface area contributed by atoms with Gasteiger partial charge in [-0.1, -0.05) is 0 Å². The molecule has 8 N–H and O–H groups in total. The molecule has 4 aromatic rings. The molecule has 0 saturated heterocycles. The van der Waals surface area contributed by atoms with Crippen LogP contribution in [0.25, 0.3) is 0 Å². The van der Waals surface area contributed by atoms with Gasteiger partial charge in [-0.2, -0.15) is 0 Å². The number of rotatable bonds is 20. The standard InChI is InChI=1S/C41H28O24/c42-29(43)17-1-5-21(33(50)51)25(9-17)37(58)62-13-41(14-63-38(59)26-10-18(30(44)45)2-6-22(26)34(52)53,15-64-39(60)27-11-19(31(46)47)3-7-23(27)35(54)55)16-65-40(61)28-12-20(32(48)49)4-8-24(28)36(56)57/h1-12H,13-16H2,(H,42,43)(H,44,45)(H,46,47)(H,48,49)(H,50,51)(H,52,53)(H,54,55)(H,56,57). The molecule has 0 fully saturated rings. The molecule has 24 heteroatoms. The Hall–Kier alpha value is -9.48. The molecule has 0 aliphatic heterocycles. The Labute approximate surface area is 360 Å². The molecule has 0 heterocycles. The minimum Gasteiger partial charge on any atom is -0.478 e. The zero-order valence-electron chi connectivity index (χ0n) is 32.4. The van der Waals surface area contributed by atoms with Crippen molar-refractivity contribution in [3.63, 3.8) is 0 Å². The van der Waals surface area contributed by atoms with Crippen LogP contribution in [0, 0.1) is 5.41 Å². The maximum atomic E-state index is 13.6. The van der Waals surface area contributed by atoms with Crippen LogP contribution in [0.1, 0.15) is 124 Å². The van der Waals surface area contributed by atoms with Crippen molar-refractivity contribution < 1.29 is 117 Å². The summed E-state index contributed by atoms with van der Waals surface area (Å²) >= 11 is 0. The van der Waals surface area contributed by atoms with Crippen LogP contribution in [-0.4, -0.2) is 139 Å². The molecule has 24 nitrogen and oxygen atoms in total. The molecule has 0 aliphatic carbocycles. The fourth-order valence-corrected chi connectivity index (χ4v) is 5.57. The molecule has 0 unspecified atom stereocenters. The minimum absolute atomic E-state index is 0.574. The maximum Gasteiger partial charge on any atom is 0.339 e. The molecule has 0 bridgehead atoms. The number of hydrogen-bond donors (Lipinski definition) is 8. The average molecular weight is 905 g/mol. The van der Waals surface area contributed by atoms with Crippen molar-refractivity contribution in [2.24, 2.45) is 5.41 Å². The summed E-state index contributed by atoms with van der Waals surface area (Å²) in [6.45, 7) is -5.50. The lowest BCUT2D eigenvalue weighted by molar-refractivity contribution is -0.0644. The highest BCUT2D eigenvalue weighted by molar-refractivity contribution is 6.07. The number of carboxylic acid groups (broad SMARTS) is 8. The van der Waals surface area contributed by atoms with E-state index in [2.05, 4.69) is 0 Å². The van der Waals surface area contributed by atoms with Crippen molar-refractivity contribution in [3.8, 4) is 0 Å². The number of hydrogen-bond acceptors (Lipinski definition) is 16. The lowest BCUT2D eigenvalue weighted by atomic mass is 9.91. The highest BCUT2D eigenvalue weighted by atomic mass is 16.6. The number of carboxylic acids is 8. The van der Waals surface area contributed by atoms with Crippen LogP contribution in [0.4, 0.5) is 0 Å². The van der Waals surface area contributed by atoms with Crippen molar-refractivity contribution in [2.75, 3.05) is 26.4 Å². The fourth-order valence-electron chi connectivity index (χ4n) is 5.57. The molecule has 0 radical (unpaired) electrons. The first kappa shape index (κ1) is 48.2. The van der Waals surface area contributed by atoms with E-state index in [1.54, 1.807) is 0 Å². The van der Waals surface area contributed by atoms with Crippen LogP contribution >= 0.6 is 0 Å². The van der Waals surface area contributed by atoms with Crippen molar-refractivity contribution in [1.82, 2.24) is 0 Å². The first-order chi connectivity index (χ1) is 30.5. The molecule has 0 saturated carbocycles. The lowest BCUT2D eigenvalue weighted by Gasteiger charge is -2.32. The smallest absolute Gasteiger partial charge is 0.339 e. The Morgan fingerprint density at radius 3 is 0.631 bits per heavy atom. The van der Waals surface area contributed by atoms with E-state index in [1.165, 1.54) is 0 Å².